The molecule has 0 aliphatic carbocycles. The molecule has 0 saturated carbocycles. The molecule has 7 aromatic carbocycles. The molecule has 1 heteroatoms. The molecule has 0 fully saturated rings. The van der Waals surface area contributed by atoms with Crippen molar-refractivity contribution in [1.29, 1.82) is 0 Å². The standard InChI is InChI=1S/C41H29N/c1-2-27-21-23-28(24-22-27)40-35-13-5-7-15-37(35)41(38-16-8-6-14-36(38)40)34-20-10-18-30-29(17-9-19-32(30)34)31-11-3-4-12-33(31)39-25-26-42-39/h3-26H,2H2,1H3. The third-order valence-electron chi connectivity index (χ3n) is 8.71. The van der Waals surface area contributed by atoms with Crippen LogP contribution in [0.3, 0.4) is 0 Å². The van der Waals surface area contributed by atoms with Gasteiger partial charge in [-0.25, -0.2) is 0 Å². The number of hydrogen-bond acceptors (Lipinski definition) is 1. The van der Waals surface area contributed by atoms with Crippen LogP contribution in [0.1, 0.15) is 18.1 Å². The molecule has 1 aliphatic heterocycles. The Balaban J connectivity index is 1.43. The van der Waals surface area contributed by atoms with E-state index in [2.05, 4.69) is 151 Å². The maximum Gasteiger partial charge on any atom is 0.0723 e. The molecule has 8 rings (SSSR count). The van der Waals surface area contributed by atoms with E-state index in [-0.39, 0.29) is 0 Å². The van der Waals surface area contributed by atoms with E-state index in [9.17, 15) is 0 Å². The van der Waals surface area contributed by atoms with Crippen LogP contribution in [0.25, 0.3) is 71.4 Å². The number of benzene rings is 7. The summed E-state index contributed by atoms with van der Waals surface area (Å²) < 4.78 is 0. The first-order chi connectivity index (χ1) is 20.8. The first-order valence-corrected chi connectivity index (χ1v) is 14.7. The number of nitrogens with zero attached hydrogens (tertiary/aromatic N) is 1. The van der Waals surface area contributed by atoms with Gasteiger partial charge in [-0.3, -0.25) is 4.99 Å². The van der Waals surface area contributed by atoms with E-state index >= 15 is 0 Å². The molecule has 1 aliphatic rings. The highest BCUT2D eigenvalue weighted by molar-refractivity contribution is 6.24. The van der Waals surface area contributed by atoms with Gasteiger partial charge in [0.2, 0.25) is 0 Å². The highest BCUT2D eigenvalue weighted by Crippen LogP contribution is 2.46. The van der Waals surface area contributed by atoms with E-state index in [0.29, 0.717) is 0 Å². The van der Waals surface area contributed by atoms with E-state index in [0.717, 1.165) is 12.1 Å². The van der Waals surface area contributed by atoms with Crippen LogP contribution in [-0.4, -0.2) is 6.21 Å². The molecule has 1 heterocycles. The van der Waals surface area contributed by atoms with Crippen molar-refractivity contribution in [2.75, 3.05) is 0 Å². The van der Waals surface area contributed by atoms with Crippen molar-refractivity contribution in [2.45, 2.75) is 13.3 Å². The minimum atomic E-state index is 1.04. The monoisotopic (exact) mass is 535 g/mol. The largest absolute Gasteiger partial charge is 0.256 e. The lowest BCUT2D eigenvalue weighted by Gasteiger charge is -2.20. The van der Waals surface area contributed by atoms with Crippen molar-refractivity contribution in [3.05, 3.63) is 151 Å². The van der Waals surface area contributed by atoms with Gasteiger partial charge in [-0.2, -0.15) is 0 Å². The van der Waals surface area contributed by atoms with Gasteiger partial charge in [0.15, 0.2) is 0 Å². The van der Waals surface area contributed by atoms with Crippen molar-refractivity contribution < 1.29 is 0 Å². The molecule has 0 radical (unpaired) electrons. The van der Waals surface area contributed by atoms with E-state index in [1.807, 2.05) is 6.21 Å². The fraction of sp³-hybridized carbons (Fsp3) is 0.0488. The van der Waals surface area contributed by atoms with Crippen LogP contribution in [0.2, 0.25) is 0 Å². The molecule has 0 bridgehead atoms. The van der Waals surface area contributed by atoms with Gasteiger partial charge < -0.3 is 0 Å². The minimum absolute atomic E-state index is 1.04. The summed E-state index contributed by atoms with van der Waals surface area (Å²) in [4.78, 5) is 4.52. The minimum Gasteiger partial charge on any atom is -0.256 e. The Morgan fingerprint density at radius 2 is 0.905 bits per heavy atom. The quantitative estimate of drug-likeness (QED) is 0.194. The zero-order valence-corrected chi connectivity index (χ0v) is 23.5. The molecule has 1 nitrogen and oxygen atoms in total. The number of aryl methyl sites for hydroxylation is 1. The first-order valence-electron chi connectivity index (χ1n) is 14.7. The number of allylic oxidation sites excluding steroid dienone is 1. The van der Waals surface area contributed by atoms with Crippen molar-refractivity contribution in [3.63, 3.8) is 0 Å². The lowest BCUT2D eigenvalue weighted by molar-refractivity contribution is 1.14. The van der Waals surface area contributed by atoms with Gasteiger partial charge in [-0.15, -0.1) is 0 Å². The molecule has 0 spiro atoms. The van der Waals surface area contributed by atoms with Crippen molar-refractivity contribution >= 4 is 44.2 Å². The topological polar surface area (TPSA) is 12.4 Å². The molecule has 0 atom stereocenters. The number of fused-ring (bicyclic) bond motifs is 3. The zero-order valence-electron chi connectivity index (χ0n) is 23.5. The van der Waals surface area contributed by atoms with Gasteiger partial charge in [-0.1, -0.05) is 140 Å². The Labute approximate surface area is 246 Å². The predicted octanol–water partition coefficient (Wildman–Crippen LogP) is 11.1. The predicted molar refractivity (Wildman–Crippen MR) is 181 cm³/mol. The smallest absolute Gasteiger partial charge is 0.0723 e. The lowest BCUT2D eigenvalue weighted by Crippen LogP contribution is -1.95. The molecule has 0 unspecified atom stereocenters. The van der Waals surface area contributed by atoms with Gasteiger partial charge in [0.25, 0.3) is 0 Å². The highest BCUT2D eigenvalue weighted by Gasteiger charge is 2.19. The molecular weight excluding hydrogens is 506 g/mol. The second-order valence-corrected chi connectivity index (χ2v) is 11.0. The average Bonchev–Trinajstić information content (AvgIpc) is 3.03. The van der Waals surface area contributed by atoms with Crippen LogP contribution < -0.4 is 0 Å². The van der Waals surface area contributed by atoms with Gasteiger partial charge in [0, 0.05) is 11.8 Å². The molecule has 0 aromatic heterocycles. The molecule has 0 saturated heterocycles. The third-order valence-corrected chi connectivity index (χ3v) is 8.71. The van der Waals surface area contributed by atoms with Crippen LogP contribution in [-0.2, 0) is 6.42 Å². The van der Waals surface area contributed by atoms with Gasteiger partial charge >= 0.3 is 0 Å². The van der Waals surface area contributed by atoms with Crippen LogP contribution in [0.15, 0.2) is 145 Å². The third kappa shape index (κ3) is 3.82. The van der Waals surface area contributed by atoms with Crippen LogP contribution >= 0.6 is 0 Å². The van der Waals surface area contributed by atoms with Gasteiger partial charge in [0.1, 0.15) is 0 Å². The Kier molecular flexibility index (Phi) is 5.82. The Morgan fingerprint density at radius 3 is 1.48 bits per heavy atom. The first kappa shape index (κ1) is 24.5. The van der Waals surface area contributed by atoms with E-state index in [1.54, 1.807) is 0 Å². The number of rotatable bonds is 5. The normalized spacial score (nSPS) is 12.5. The molecule has 0 amide bonds. The SMILES string of the molecule is CCc1ccc(-c2c3ccccc3c(-c3cccc4c(-c5ccccc5C5=CC=N5)cccc34)c3ccccc23)cc1. The van der Waals surface area contributed by atoms with Crippen molar-refractivity contribution in [2.24, 2.45) is 4.99 Å². The fourth-order valence-corrected chi connectivity index (χ4v) is 6.65. The Bertz CT molecular complexity index is 2160. The summed E-state index contributed by atoms with van der Waals surface area (Å²) in [5.41, 5.74) is 11.1. The molecule has 0 N–H and O–H groups in total. The maximum atomic E-state index is 4.52. The lowest BCUT2D eigenvalue weighted by atomic mass is 9.83. The van der Waals surface area contributed by atoms with E-state index in [1.165, 1.54) is 76.8 Å². The summed E-state index contributed by atoms with van der Waals surface area (Å²) in [6.45, 7) is 2.21. The molecular formula is C41H29N. The van der Waals surface area contributed by atoms with E-state index in [4.69, 9.17) is 0 Å². The van der Waals surface area contributed by atoms with Crippen LogP contribution in [0, 0.1) is 0 Å². The fourth-order valence-electron chi connectivity index (χ4n) is 6.65. The van der Waals surface area contributed by atoms with E-state index < -0.39 is 0 Å². The molecule has 7 aromatic rings. The average molecular weight is 536 g/mol. The summed E-state index contributed by atoms with van der Waals surface area (Å²) in [7, 11) is 0. The van der Waals surface area contributed by atoms with Crippen molar-refractivity contribution in [3.8, 4) is 33.4 Å². The van der Waals surface area contributed by atoms with Gasteiger partial charge in [-0.05, 0) is 83.8 Å². The van der Waals surface area contributed by atoms with Gasteiger partial charge in [0.05, 0.1) is 5.70 Å². The zero-order chi connectivity index (χ0) is 28.0. The number of aliphatic imine (C=N–C) groups is 1. The van der Waals surface area contributed by atoms with Crippen LogP contribution in [0.4, 0.5) is 0 Å². The summed E-state index contributed by atoms with van der Waals surface area (Å²) in [5, 5.41) is 7.62. The summed E-state index contributed by atoms with van der Waals surface area (Å²) in [6, 6.07) is 49.0. The Morgan fingerprint density at radius 1 is 0.429 bits per heavy atom. The van der Waals surface area contributed by atoms with Crippen LogP contribution in [0.5, 0.6) is 0 Å². The van der Waals surface area contributed by atoms with Crippen molar-refractivity contribution in [1.82, 2.24) is 0 Å². The maximum absolute atomic E-state index is 4.52. The molecule has 198 valence electrons. The number of hydrogen-bond donors (Lipinski definition) is 0. The molecule has 42 heavy (non-hydrogen) atoms. The second-order valence-electron chi connectivity index (χ2n) is 11.0. The Hall–Kier alpha value is -5.27. The summed E-state index contributed by atoms with van der Waals surface area (Å²) in [5.74, 6) is 0. The summed E-state index contributed by atoms with van der Waals surface area (Å²) in [6.07, 6.45) is 5.00. The summed E-state index contributed by atoms with van der Waals surface area (Å²) >= 11 is 0. The highest BCUT2D eigenvalue weighted by atomic mass is 14.8. The second kappa shape index (κ2) is 9.98.